The Labute approximate surface area is 166 Å². The number of rotatable bonds is 7. The summed E-state index contributed by atoms with van der Waals surface area (Å²) in [7, 11) is -3.77. The first-order valence-corrected chi connectivity index (χ1v) is 11.3. The molecule has 152 valence electrons. The van der Waals surface area contributed by atoms with Gasteiger partial charge in [0.15, 0.2) is 0 Å². The monoisotopic (exact) mass is 404 g/mol. The number of amides is 1. The maximum absolute atomic E-state index is 13.4. The second-order valence-corrected chi connectivity index (χ2v) is 9.09. The summed E-state index contributed by atoms with van der Waals surface area (Å²) in [6.45, 7) is 6.99. The van der Waals surface area contributed by atoms with Gasteiger partial charge in [0.25, 0.3) is 5.91 Å². The average molecular weight is 405 g/mol. The fourth-order valence-corrected chi connectivity index (χ4v) is 5.30. The predicted molar refractivity (Wildman–Crippen MR) is 108 cm³/mol. The summed E-state index contributed by atoms with van der Waals surface area (Å²) in [5.41, 5.74) is 1.52. The maximum Gasteiger partial charge on any atom is 0.254 e. The first-order valence-electron chi connectivity index (χ1n) is 9.80. The number of unbranched alkanes of at least 4 members (excludes halogenated alkanes) is 1. The molecule has 1 fully saturated rings. The summed E-state index contributed by atoms with van der Waals surface area (Å²) in [5, 5.41) is 2.89. The largest absolute Gasteiger partial charge is 0.368 e. The zero-order valence-corrected chi connectivity index (χ0v) is 17.5. The normalized spacial score (nSPS) is 17.0. The number of benzene rings is 1. The Morgan fingerprint density at radius 2 is 1.96 bits per heavy atom. The lowest BCUT2D eigenvalue weighted by atomic mass is 10.2. The molecule has 2 heterocycles. The number of hydrogen-bond acceptors (Lipinski definition) is 4. The smallest absolute Gasteiger partial charge is 0.254 e. The molecule has 1 saturated heterocycles. The van der Waals surface area contributed by atoms with Gasteiger partial charge in [-0.2, -0.15) is 0 Å². The van der Waals surface area contributed by atoms with Gasteiger partial charge in [-0.05, 0) is 50.8 Å². The van der Waals surface area contributed by atoms with Crippen molar-refractivity contribution in [2.45, 2.75) is 68.9 Å². The Balaban J connectivity index is 2.11. The van der Waals surface area contributed by atoms with Gasteiger partial charge >= 0.3 is 0 Å². The minimum atomic E-state index is -3.77. The third kappa shape index (κ3) is 3.86. The topological polar surface area (TPSA) is 77.4 Å². The minimum absolute atomic E-state index is 0.179. The van der Waals surface area contributed by atoms with Crippen LogP contribution in [-0.2, 0) is 25.9 Å². The molecule has 6 nitrogen and oxygen atoms in total. The Morgan fingerprint density at radius 3 is 2.57 bits per heavy atom. The highest BCUT2D eigenvalue weighted by molar-refractivity contribution is 7.91. The van der Waals surface area contributed by atoms with Gasteiger partial charge in [0.1, 0.15) is 16.8 Å². The van der Waals surface area contributed by atoms with E-state index in [2.05, 4.69) is 12.2 Å². The van der Waals surface area contributed by atoms with Crippen molar-refractivity contribution in [2.24, 2.45) is 0 Å². The van der Waals surface area contributed by atoms with Gasteiger partial charge in [0, 0.05) is 18.8 Å². The Morgan fingerprint density at radius 1 is 1.25 bits per heavy atom. The van der Waals surface area contributed by atoms with Gasteiger partial charge < -0.3 is 14.6 Å². The molecule has 0 radical (unpaired) electrons. The highest BCUT2D eigenvalue weighted by Crippen LogP contribution is 2.36. The molecule has 1 aliphatic heterocycles. The van der Waals surface area contributed by atoms with E-state index < -0.39 is 15.9 Å². The molecule has 28 heavy (non-hydrogen) atoms. The van der Waals surface area contributed by atoms with Crippen LogP contribution in [0, 0.1) is 13.8 Å². The minimum Gasteiger partial charge on any atom is -0.368 e. The first-order chi connectivity index (χ1) is 13.4. The van der Waals surface area contributed by atoms with Crippen molar-refractivity contribution < 1.29 is 17.9 Å². The zero-order chi connectivity index (χ0) is 20.3. The fourth-order valence-electron chi connectivity index (χ4n) is 3.58. The molecular weight excluding hydrogens is 376 g/mol. The van der Waals surface area contributed by atoms with Crippen LogP contribution in [0.4, 0.5) is 5.82 Å². The van der Waals surface area contributed by atoms with Gasteiger partial charge in [-0.1, -0.05) is 31.5 Å². The molecule has 1 atom stereocenters. The quantitative estimate of drug-likeness (QED) is 0.760. The third-order valence-corrected chi connectivity index (χ3v) is 7.22. The Hall–Kier alpha value is -2.12. The highest BCUT2D eigenvalue weighted by Gasteiger charge is 2.32. The molecular formula is C21H28N2O4S. The number of nitrogens with one attached hydrogen (secondary N) is 1. The van der Waals surface area contributed by atoms with E-state index in [1.807, 2.05) is 11.5 Å². The summed E-state index contributed by atoms with van der Waals surface area (Å²) in [5.74, 6) is 0.0741. The number of carbonyl (C=O) groups is 1. The van der Waals surface area contributed by atoms with Crippen LogP contribution >= 0.6 is 0 Å². The molecule has 0 aliphatic carbocycles. The number of carbonyl (C=O) groups excluding carboxylic acids is 1. The van der Waals surface area contributed by atoms with Crippen molar-refractivity contribution >= 4 is 21.6 Å². The van der Waals surface area contributed by atoms with Gasteiger partial charge in [-0.15, -0.1) is 0 Å². The molecule has 0 saturated carbocycles. The summed E-state index contributed by atoms with van der Waals surface area (Å²) >= 11 is 0. The second-order valence-electron chi connectivity index (χ2n) is 7.20. The van der Waals surface area contributed by atoms with Crippen LogP contribution in [0.3, 0.4) is 0 Å². The Bertz CT molecular complexity index is 943. The summed E-state index contributed by atoms with van der Waals surface area (Å²) in [4.78, 5) is 13.1. The van der Waals surface area contributed by atoms with E-state index >= 15 is 0 Å². The van der Waals surface area contributed by atoms with Crippen LogP contribution in [0.2, 0.25) is 0 Å². The van der Waals surface area contributed by atoms with Crippen molar-refractivity contribution in [1.29, 1.82) is 0 Å². The lowest BCUT2D eigenvalue weighted by Crippen LogP contribution is -2.29. The molecule has 1 aromatic carbocycles. The second kappa shape index (κ2) is 8.49. The standard InChI is InChI=1S/C21H28N2O4S/c1-4-5-13-23-16(3)15(2)19(28(25,26)17-10-7-6-8-11-17)20(23)22-21(24)18-12-9-14-27-18/h6-8,10-11,18H,4-5,9,12-14H2,1-3H3,(H,22,24)/t18-/m0/s1. The van der Waals surface area contributed by atoms with E-state index in [0.29, 0.717) is 31.0 Å². The van der Waals surface area contributed by atoms with Crippen molar-refractivity contribution in [2.75, 3.05) is 11.9 Å². The van der Waals surface area contributed by atoms with Crippen molar-refractivity contribution in [3.63, 3.8) is 0 Å². The number of sulfone groups is 1. The number of nitrogens with zero attached hydrogens (tertiary/aromatic N) is 1. The van der Waals surface area contributed by atoms with E-state index in [1.165, 1.54) is 0 Å². The van der Waals surface area contributed by atoms with Gasteiger partial charge in [0.05, 0.1) is 4.90 Å². The fraction of sp³-hybridized carbons (Fsp3) is 0.476. The van der Waals surface area contributed by atoms with Crippen LogP contribution in [0.15, 0.2) is 40.1 Å². The van der Waals surface area contributed by atoms with Crippen molar-refractivity contribution in [3.05, 3.63) is 41.6 Å². The van der Waals surface area contributed by atoms with Crippen LogP contribution in [0.25, 0.3) is 0 Å². The van der Waals surface area contributed by atoms with E-state index in [1.54, 1.807) is 37.3 Å². The molecule has 3 rings (SSSR count). The van der Waals surface area contributed by atoms with Crippen LogP contribution in [0.5, 0.6) is 0 Å². The van der Waals surface area contributed by atoms with Crippen molar-refractivity contribution in [1.82, 2.24) is 4.57 Å². The molecule has 2 aromatic rings. The molecule has 1 amide bonds. The number of ether oxygens (including phenoxy) is 1. The molecule has 0 unspecified atom stereocenters. The van der Waals surface area contributed by atoms with Crippen molar-refractivity contribution in [3.8, 4) is 0 Å². The molecule has 1 N–H and O–H groups in total. The molecule has 1 aromatic heterocycles. The first kappa shape index (κ1) is 20.6. The summed E-state index contributed by atoms with van der Waals surface area (Å²) in [6.07, 6.45) is 2.82. The van der Waals surface area contributed by atoms with Crippen LogP contribution < -0.4 is 5.32 Å². The summed E-state index contributed by atoms with van der Waals surface area (Å²) < 4.78 is 34.2. The lowest BCUT2D eigenvalue weighted by molar-refractivity contribution is -0.124. The van der Waals surface area contributed by atoms with E-state index in [4.69, 9.17) is 4.74 Å². The van der Waals surface area contributed by atoms with Crippen LogP contribution in [0.1, 0.15) is 43.9 Å². The SMILES string of the molecule is CCCCn1c(C)c(C)c(S(=O)(=O)c2ccccc2)c1NC(=O)[C@@H]1CCCO1. The lowest BCUT2D eigenvalue weighted by Gasteiger charge is -2.16. The number of anilines is 1. The van der Waals surface area contributed by atoms with E-state index in [-0.39, 0.29) is 15.7 Å². The number of hydrogen-bond donors (Lipinski definition) is 1. The average Bonchev–Trinajstić information content (AvgIpc) is 3.30. The predicted octanol–water partition coefficient (Wildman–Crippen LogP) is 3.86. The number of aromatic nitrogens is 1. The molecule has 0 bridgehead atoms. The molecule has 1 aliphatic rings. The van der Waals surface area contributed by atoms with E-state index in [0.717, 1.165) is 25.0 Å². The zero-order valence-electron chi connectivity index (χ0n) is 16.7. The Kier molecular flexibility index (Phi) is 6.25. The molecule has 7 heteroatoms. The maximum atomic E-state index is 13.4. The summed E-state index contributed by atoms with van der Waals surface area (Å²) in [6, 6.07) is 8.35. The molecule has 0 spiro atoms. The van der Waals surface area contributed by atoms with Gasteiger partial charge in [-0.25, -0.2) is 8.42 Å². The van der Waals surface area contributed by atoms with E-state index in [9.17, 15) is 13.2 Å². The van der Waals surface area contributed by atoms with Gasteiger partial charge in [0.2, 0.25) is 9.84 Å². The third-order valence-electron chi connectivity index (χ3n) is 5.29. The van der Waals surface area contributed by atoms with Gasteiger partial charge in [-0.3, -0.25) is 4.79 Å². The van der Waals surface area contributed by atoms with Crippen LogP contribution in [-0.4, -0.2) is 31.6 Å². The highest BCUT2D eigenvalue weighted by atomic mass is 32.2.